The van der Waals surface area contributed by atoms with Crippen molar-refractivity contribution in [2.75, 3.05) is 13.1 Å². The number of amides is 1. The number of piperidine rings is 1. The lowest BCUT2D eigenvalue weighted by Gasteiger charge is -2.32. The number of aromatic nitrogens is 2. The number of carboxylic acid groups (broad SMARTS) is 1. The average molecular weight is 373 g/mol. The molecular formula is C20H24FN3O3. The number of halogens is 1. The second-order valence-corrected chi connectivity index (χ2v) is 7.27. The molecule has 6 nitrogen and oxygen atoms in total. The number of aromatic carboxylic acids is 1. The smallest absolute Gasteiger partial charge is 0.338 e. The fraction of sp³-hybridized carbons (Fsp3) is 0.450. The van der Waals surface area contributed by atoms with Crippen LogP contribution in [0.3, 0.4) is 0 Å². The molecule has 0 aliphatic carbocycles. The Morgan fingerprint density at radius 1 is 1.33 bits per heavy atom. The largest absolute Gasteiger partial charge is 0.478 e. The van der Waals surface area contributed by atoms with Gasteiger partial charge in [-0.3, -0.25) is 9.48 Å². The Kier molecular flexibility index (Phi) is 5.88. The summed E-state index contributed by atoms with van der Waals surface area (Å²) in [6.45, 7) is 3.28. The fourth-order valence-corrected chi connectivity index (χ4v) is 3.59. The summed E-state index contributed by atoms with van der Waals surface area (Å²) in [4.78, 5) is 25.4. The topological polar surface area (TPSA) is 75.4 Å². The van der Waals surface area contributed by atoms with Gasteiger partial charge in [0.1, 0.15) is 5.82 Å². The minimum absolute atomic E-state index is 0.115. The summed E-state index contributed by atoms with van der Waals surface area (Å²) >= 11 is 0. The summed E-state index contributed by atoms with van der Waals surface area (Å²) in [6, 6.07) is 6.62. The predicted molar refractivity (Wildman–Crippen MR) is 97.9 cm³/mol. The van der Waals surface area contributed by atoms with Crippen LogP contribution in [0.5, 0.6) is 0 Å². The number of rotatable bonds is 6. The van der Waals surface area contributed by atoms with Gasteiger partial charge in [-0.2, -0.15) is 5.10 Å². The van der Waals surface area contributed by atoms with Crippen molar-refractivity contribution >= 4 is 11.9 Å². The Morgan fingerprint density at radius 2 is 2.07 bits per heavy atom. The third-order valence-corrected chi connectivity index (χ3v) is 5.04. The summed E-state index contributed by atoms with van der Waals surface area (Å²) in [5, 5.41) is 13.1. The second kappa shape index (κ2) is 8.33. The highest BCUT2D eigenvalue weighted by Crippen LogP contribution is 2.24. The van der Waals surface area contributed by atoms with E-state index in [1.165, 1.54) is 18.3 Å². The SMILES string of the molecule is CC(CC(=O)N1CCC(n2cc(C(=O)O)cn2)CC1)Cc1cccc(F)c1. The van der Waals surface area contributed by atoms with Gasteiger partial charge in [0, 0.05) is 25.7 Å². The highest BCUT2D eigenvalue weighted by molar-refractivity contribution is 5.86. The van der Waals surface area contributed by atoms with Crippen LogP contribution in [0.4, 0.5) is 4.39 Å². The minimum Gasteiger partial charge on any atom is -0.478 e. The summed E-state index contributed by atoms with van der Waals surface area (Å²) in [6.07, 6.45) is 5.52. The van der Waals surface area contributed by atoms with Crippen LogP contribution in [0.2, 0.25) is 0 Å². The molecule has 1 aromatic heterocycles. The zero-order valence-electron chi connectivity index (χ0n) is 15.3. The van der Waals surface area contributed by atoms with Crippen molar-refractivity contribution in [2.24, 2.45) is 5.92 Å². The molecule has 0 spiro atoms. The van der Waals surface area contributed by atoms with Crippen LogP contribution in [-0.4, -0.2) is 44.8 Å². The van der Waals surface area contributed by atoms with Gasteiger partial charge in [0.15, 0.2) is 0 Å². The van der Waals surface area contributed by atoms with Crippen LogP contribution < -0.4 is 0 Å². The average Bonchev–Trinajstić information content (AvgIpc) is 3.12. The van der Waals surface area contributed by atoms with Crippen molar-refractivity contribution in [3.8, 4) is 0 Å². The van der Waals surface area contributed by atoms with E-state index >= 15 is 0 Å². The number of hydrogen-bond donors (Lipinski definition) is 1. The molecule has 1 amide bonds. The highest BCUT2D eigenvalue weighted by atomic mass is 19.1. The molecule has 1 aliphatic rings. The van der Waals surface area contributed by atoms with Crippen LogP contribution in [0, 0.1) is 11.7 Å². The number of carbonyl (C=O) groups is 2. The number of nitrogens with zero attached hydrogens (tertiary/aromatic N) is 3. The third-order valence-electron chi connectivity index (χ3n) is 5.04. The first-order chi connectivity index (χ1) is 12.9. The Balaban J connectivity index is 1.48. The van der Waals surface area contributed by atoms with Crippen LogP contribution in [0.15, 0.2) is 36.7 Å². The van der Waals surface area contributed by atoms with Crippen LogP contribution in [0.25, 0.3) is 0 Å². The number of likely N-dealkylation sites (tertiary alicyclic amines) is 1. The molecule has 1 fully saturated rings. The lowest BCUT2D eigenvalue weighted by atomic mass is 9.96. The van der Waals surface area contributed by atoms with Gasteiger partial charge in [-0.1, -0.05) is 19.1 Å². The Labute approximate surface area is 157 Å². The van der Waals surface area contributed by atoms with Gasteiger partial charge < -0.3 is 10.0 Å². The number of hydrogen-bond acceptors (Lipinski definition) is 3. The predicted octanol–water partition coefficient (Wildman–Crippen LogP) is 3.15. The van der Waals surface area contributed by atoms with Crippen molar-refractivity contribution < 1.29 is 19.1 Å². The minimum atomic E-state index is -0.985. The lowest BCUT2D eigenvalue weighted by Crippen LogP contribution is -2.39. The Morgan fingerprint density at radius 3 is 2.70 bits per heavy atom. The number of carbonyl (C=O) groups excluding carboxylic acids is 1. The first-order valence-electron chi connectivity index (χ1n) is 9.22. The molecule has 1 N–H and O–H groups in total. The standard InChI is InChI=1S/C20H24FN3O3/c1-14(9-15-3-2-4-17(21)11-15)10-19(25)23-7-5-18(6-8-23)24-13-16(12-22-24)20(26)27/h2-4,11-14,18H,5-10H2,1H3,(H,26,27). The van der Waals surface area contributed by atoms with Gasteiger partial charge in [-0.25, -0.2) is 9.18 Å². The fourth-order valence-electron chi connectivity index (χ4n) is 3.59. The Bertz CT molecular complexity index is 812. The van der Waals surface area contributed by atoms with Gasteiger partial charge in [0.25, 0.3) is 0 Å². The molecule has 0 saturated carbocycles. The maximum Gasteiger partial charge on any atom is 0.338 e. The van der Waals surface area contributed by atoms with Crippen molar-refractivity contribution in [1.29, 1.82) is 0 Å². The van der Waals surface area contributed by atoms with Crippen molar-refractivity contribution in [3.63, 3.8) is 0 Å². The summed E-state index contributed by atoms with van der Waals surface area (Å²) in [5.41, 5.74) is 1.08. The molecule has 2 aromatic rings. The summed E-state index contributed by atoms with van der Waals surface area (Å²) in [7, 11) is 0. The Hall–Kier alpha value is -2.70. The van der Waals surface area contributed by atoms with Crippen molar-refractivity contribution in [2.45, 2.75) is 38.6 Å². The molecule has 7 heteroatoms. The molecule has 27 heavy (non-hydrogen) atoms. The van der Waals surface area contributed by atoms with Crippen molar-refractivity contribution in [1.82, 2.24) is 14.7 Å². The molecule has 1 aliphatic heterocycles. The van der Waals surface area contributed by atoms with Crippen LogP contribution in [0.1, 0.15) is 48.1 Å². The van der Waals surface area contributed by atoms with E-state index in [0.29, 0.717) is 25.9 Å². The van der Waals surface area contributed by atoms with Crippen LogP contribution >= 0.6 is 0 Å². The zero-order valence-corrected chi connectivity index (χ0v) is 15.3. The van der Waals surface area contributed by atoms with E-state index in [0.717, 1.165) is 18.4 Å². The third kappa shape index (κ3) is 4.93. The molecule has 1 atom stereocenters. The quantitative estimate of drug-likeness (QED) is 0.844. The second-order valence-electron chi connectivity index (χ2n) is 7.27. The molecule has 1 saturated heterocycles. The molecule has 3 rings (SSSR count). The van der Waals surface area contributed by atoms with E-state index < -0.39 is 5.97 Å². The van der Waals surface area contributed by atoms with E-state index in [1.54, 1.807) is 16.9 Å². The zero-order chi connectivity index (χ0) is 19.4. The lowest BCUT2D eigenvalue weighted by molar-refractivity contribution is -0.133. The first kappa shape index (κ1) is 19.1. The van der Waals surface area contributed by atoms with Gasteiger partial charge in [0.05, 0.1) is 17.8 Å². The molecule has 144 valence electrons. The van der Waals surface area contributed by atoms with E-state index in [1.807, 2.05) is 17.9 Å². The van der Waals surface area contributed by atoms with Gasteiger partial charge in [0.2, 0.25) is 5.91 Å². The van der Waals surface area contributed by atoms with Gasteiger partial charge in [-0.05, 0) is 42.9 Å². The van der Waals surface area contributed by atoms with Gasteiger partial charge in [-0.15, -0.1) is 0 Å². The number of carboxylic acids is 1. The summed E-state index contributed by atoms with van der Waals surface area (Å²) in [5.74, 6) is -0.982. The molecule has 0 bridgehead atoms. The highest BCUT2D eigenvalue weighted by Gasteiger charge is 2.25. The van der Waals surface area contributed by atoms with Crippen LogP contribution in [-0.2, 0) is 11.2 Å². The maximum absolute atomic E-state index is 13.3. The summed E-state index contributed by atoms with van der Waals surface area (Å²) < 4.78 is 15.0. The van der Waals surface area contributed by atoms with Crippen molar-refractivity contribution in [3.05, 3.63) is 53.6 Å². The van der Waals surface area contributed by atoms with E-state index in [9.17, 15) is 14.0 Å². The maximum atomic E-state index is 13.3. The van der Waals surface area contributed by atoms with E-state index in [2.05, 4.69) is 5.10 Å². The monoisotopic (exact) mass is 373 g/mol. The van der Waals surface area contributed by atoms with E-state index in [-0.39, 0.29) is 29.2 Å². The molecule has 1 aromatic carbocycles. The van der Waals surface area contributed by atoms with Gasteiger partial charge >= 0.3 is 5.97 Å². The normalized spacial score (nSPS) is 16.3. The molecule has 2 heterocycles. The molecule has 1 unspecified atom stereocenters. The first-order valence-corrected chi connectivity index (χ1v) is 9.22. The molecule has 0 radical (unpaired) electrons. The molecular weight excluding hydrogens is 349 g/mol. The van der Waals surface area contributed by atoms with E-state index in [4.69, 9.17) is 5.11 Å². The number of benzene rings is 1.